The minimum atomic E-state index is -0.665. The molecule has 3 aromatic rings. The Hall–Kier alpha value is -3.18. The van der Waals surface area contributed by atoms with Gasteiger partial charge in [0.05, 0.1) is 20.6 Å². The Kier molecular flexibility index (Phi) is 9.57. The maximum Gasteiger partial charge on any atom is 0.252 e. The van der Waals surface area contributed by atoms with Crippen molar-refractivity contribution in [3.63, 3.8) is 0 Å². The third-order valence-corrected chi connectivity index (χ3v) is 7.64. The van der Waals surface area contributed by atoms with Crippen LogP contribution in [-0.2, 0) is 22.4 Å². The lowest BCUT2D eigenvalue weighted by Gasteiger charge is -2.24. The second-order valence-electron chi connectivity index (χ2n) is 8.92. The molecule has 9 heteroatoms. The summed E-state index contributed by atoms with van der Waals surface area (Å²) < 4.78 is 11.9. The molecule has 2 amide bonds. The number of rotatable bonds is 11. The van der Waals surface area contributed by atoms with Gasteiger partial charge in [-0.05, 0) is 95.2 Å². The summed E-state index contributed by atoms with van der Waals surface area (Å²) >= 11 is 8.00. The molecular formula is C29H30IN3O4S. The number of nitrogens with zero attached hydrogens (tertiary/aromatic N) is 2. The van der Waals surface area contributed by atoms with Crippen LogP contribution >= 0.6 is 34.8 Å². The summed E-state index contributed by atoms with van der Waals surface area (Å²) in [6.07, 6.45) is 1.31. The highest BCUT2D eigenvalue weighted by molar-refractivity contribution is 14.1. The first-order valence-electron chi connectivity index (χ1n) is 12.3. The normalized spacial score (nSPS) is 15.1. The van der Waals surface area contributed by atoms with Crippen LogP contribution < -0.4 is 14.8 Å². The zero-order valence-corrected chi connectivity index (χ0v) is 24.3. The van der Waals surface area contributed by atoms with Gasteiger partial charge < -0.3 is 19.7 Å². The van der Waals surface area contributed by atoms with Crippen molar-refractivity contribution in [2.24, 2.45) is 0 Å². The molecule has 4 rings (SSSR count). The Balaban J connectivity index is 1.50. The van der Waals surface area contributed by atoms with Crippen molar-refractivity contribution >= 4 is 57.4 Å². The number of anilines is 1. The SMILES string of the molecule is COc1ccc(CCN2C(=S)N(CCc3ccccc3)C(=O)C2CC(=O)Nc2ccc(I)cc2)cc1OC. The van der Waals surface area contributed by atoms with Crippen molar-refractivity contribution in [3.05, 3.63) is 87.5 Å². The number of halogens is 1. The smallest absolute Gasteiger partial charge is 0.252 e. The second kappa shape index (κ2) is 13.1. The number of thiocarbonyl (C=S) groups is 1. The number of hydrogen-bond donors (Lipinski definition) is 1. The molecule has 1 unspecified atom stereocenters. The van der Waals surface area contributed by atoms with E-state index in [4.69, 9.17) is 21.7 Å². The number of methoxy groups -OCH3 is 2. The molecule has 1 saturated heterocycles. The molecule has 1 fully saturated rings. The molecule has 7 nitrogen and oxygen atoms in total. The Morgan fingerprint density at radius 1 is 0.921 bits per heavy atom. The van der Waals surface area contributed by atoms with Crippen LogP contribution in [0.2, 0.25) is 0 Å². The van der Waals surface area contributed by atoms with E-state index >= 15 is 0 Å². The highest BCUT2D eigenvalue weighted by Gasteiger charge is 2.42. The van der Waals surface area contributed by atoms with E-state index in [0.717, 1.165) is 14.7 Å². The van der Waals surface area contributed by atoms with Crippen molar-refractivity contribution in [2.75, 3.05) is 32.6 Å². The molecule has 1 heterocycles. The lowest BCUT2D eigenvalue weighted by Crippen LogP contribution is -2.39. The molecule has 0 aromatic heterocycles. The molecule has 198 valence electrons. The number of hydrogen-bond acceptors (Lipinski definition) is 5. The van der Waals surface area contributed by atoms with Gasteiger partial charge in [0.1, 0.15) is 6.04 Å². The maximum absolute atomic E-state index is 13.6. The van der Waals surface area contributed by atoms with Gasteiger partial charge in [0.2, 0.25) is 5.91 Å². The van der Waals surface area contributed by atoms with Crippen molar-refractivity contribution in [3.8, 4) is 11.5 Å². The van der Waals surface area contributed by atoms with Crippen LogP contribution in [-0.4, -0.2) is 60.1 Å². The average Bonchev–Trinajstić information content (AvgIpc) is 3.15. The van der Waals surface area contributed by atoms with Crippen LogP contribution in [0.4, 0.5) is 5.69 Å². The van der Waals surface area contributed by atoms with Gasteiger partial charge >= 0.3 is 0 Å². The third kappa shape index (κ3) is 6.82. The Labute approximate surface area is 242 Å². The maximum atomic E-state index is 13.6. The van der Waals surface area contributed by atoms with Crippen LogP contribution in [0.15, 0.2) is 72.8 Å². The summed E-state index contributed by atoms with van der Waals surface area (Å²) in [6.45, 7) is 0.952. The van der Waals surface area contributed by atoms with Crippen molar-refractivity contribution in [2.45, 2.75) is 25.3 Å². The predicted octanol–water partition coefficient (Wildman–Crippen LogP) is 4.92. The summed E-state index contributed by atoms with van der Waals surface area (Å²) in [5.74, 6) is 0.924. The highest BCUT2D eigenvalue weighted by atomic mass is 127. The van der Waals surface area contributed by atoms with Gasteiger partial charge in [-0.15, -0.1) is 0 Å². The van der Waals surface area contributed by atoms with Crippen LogP contribution in [0, 0.1) is 3.57 Å². The fourth-order valence-corrected chi connectivity index (χ4v) is 5.20. The van der Waals surface area contributed by atoms with Crippen molar-refractivity contribution < 1.29 is 19.1 Å². The summed E-state index contributed by atoms with van der Waals surface area (Å²) in [4.78, 5) is 30.1. The predicted molar refractivity (Wildman–Crippen MR) is 161 cm³/mol. The first-order valence-corrected chi connectivity index (χ1v) is 13.8. The second-order valence-corrected chi connectivity index (χ2v) is 10.5. The van der Waals surface area contributed by atoms with Crippen LogP contribution in [0.25, 0.3) is 0 Å². The zero-order valence-electron chi connectivity index (χ0n) is 21.4. The van der Waals surface area contributed by atoms with E-state index in [2.05, 4.69) is 27.9 Å². The third-order valence-electron chi connectivity index (χ3n) is 6.47. The summed E-state index contributed by atoms with van der Waals surface area (Å²) in [5, 5.41) is 3.37. The minimum absolute atomic E-state index is 0.0126. The van der Waals surface area contributed by atoms with Crippen LogP contribution in [0.5, 0.6) is 11.5 Å². The molecule has 0 radical (unpaired) electrons. The van der Waals surface area contributed by atoms with Crippen LogP contribution in [0.3, 0.4) is 0 Å². The quantitative estimate of drug-likeness (QED) is 0.237. The average molecular weight is 644 g/mol. The number of carbonyl (C=O) groups excluding carboxylic acids is 2. The first-order chi connectivity index (χ1) is 18.4. The molecular weight excluding hydrogens is 613 g/mol. The lowest BCUT2D eigenvalue weighted by atomic mass is 10.1. The number of amides is 2. The first kappa shape index (κ1) is 27.8. The van der Waals surface area contributed by atoms with E-state index in [1.165, 1.54) is 0 Å². The van der Waals surface area contributed by atoms with Gasteiger partial charge in [-0.3, -0.25) is 14.5 Å². The molecule has 0 bridgehead atoms. The highest BCUT2D eigenvalue weighted by Crippen LogP contribution is 2.29. The van der Waals surface area contributed by atoms with Crippen molar-refractivity contribution in [1.29, 1.82) is 0 Å². The molecule has 1 aliphatic rings. The van der Waals surface area contributed by atoms with E-state index < -0.39 is 6.04 Å². The number of nitrogens with one attached hydrogen (secondary N) is 1. The molecule has 38 heavy (non-hydrogen) atoms. The molecule has 0 saturated carbocycles. The molecule has 0 spiro atoms. The minimum Gasteiger partial charge on any atom is -0.493 e. The zero-order chi connectivity index (χ0) is 27.1. The van der Waals surface area contributed by atoms with Gasteiger partial charge in [0.25, 0.3) is 5.91 Å². The fraction of sp³-hybridized carbons (Fsp3) is 0.276. The summed E-state index contributed by atoms with van der Waals surface area (Å²) in [6, 6.07) is 22.6. The standard InChI is InChI=1S/C29H30IN3O4S/c1-36-25-13-8-21(18-26(25)37-2)15-16-32-24(19-27(34)31-23-11-9-22(30)10-12-23)28(35)33(29(32)38)17-14-20-6-4-3-5-7-20/h3-13,18,24H,14-17,19H2,1-2H3,(H,31,34). The fourth-order valence-electron chi connectivity index (χ4n) is 4.44. The number of benzene rings is 3. The van der Waals surface area contributed by atoms with Gasteiger partial charge in [0.15, 0.2) is 16.6 Å². The topological polar surface area (TPSA) is 71.1 Å². The Bertz CT molecular complexity index is 1290. The van der Waals surface area contributed by atoms with E-state index in [-0.39, 0.29) is 18.2 Å². The van der Waals surface area contributed by atoms with Gasteiger partial charge in [-0.1, -0.05) is 36.4 Å². The van der Waals surface area contributed by atoms with Crippen LogP contribution in [0.1, 0.15) is 17.5 Å². The lowest BCUT2D eigenvalue weighted by molar-refractivity contribution is -0.130. The van der Waals surface area contributed by atoms with Gasteiger partial charge in [-0.2, -0.15) is 0 Å². The van der Waals surface area contributed by atoms with E-state index in [0.29, 0.717) is 48.2 Å². The van der Waals surface area contributed by atoms with Crippen molar-refractivity contribution in [1.82, 2.24) is 9.80 Å². The Morgan fingerprint density at radius 3 is 2.29 bits per heavy atom. The summed E-state index contributed by atoms with van der Waals surface area (Å²) in [5.41, 5.74) is 2.84. The molecule has 1 aliphatic heterocycles. The molecule has 1 N–H and O–H groups in total. The molecule has 3 aromatic carbocycles. The monoisotopic (exact) mass is 643 g/mol. The van der Waals surface area contributed by atoms with Gasteiger partial charge in [0, 0.05) is 22.3 Å². The van der Waals surface area contributed by atoms with E-state index in [9.17, 15) is 9.59 Å². The number of ether oxygens (including phenoxy) is 2. The number of carbonyl (C=O) groups is 2. The van der Waals surface area contributed by atoms with E-state index in [1.807, 2.05) is 77.7 Å². The summed E-state index contributed by atoms with van der Waals surface area (Å²) in [7, 11) is 3.20. The molecule has 0 aliphatic carbocycles. The Morgan fingerprint density at radius 2 is 1.61 bits per heavy atom. The van der Waals surface area contributed by atoms with E-state index in [1.54, 1.807) is 19.1 Å². The van der Waals surface area contributed by atoms with Gasteiger partial charge in [-0.25, -0.2) is 0 Å². The molecule has 1 atom stereocenters. The largest absolute Gasteiger partial charge is 0.493 e.